The lowest BCUT2D eigenvalue weighted by Gasteiger charge is -2.20. The second kappa shape index (κ2) is 4.26. The predicted octanol–water partition coefficient (Wildman–Crippen LogP) is -1.34. The molecule has 2 aromatic heterocycles. The van der Waals surface area contributed by atoms with E-state index >= 15 is 0 Å². The van der Waals surface area contributed by atoms with E-state index in [1.165, 1.54) is 15.3 Å². The molecule has 4 rings (SSSR count). The lowest BCUT2D eigenvalue weighted by Crippen LogP contribution is -2.38. The number of anilines is 1. The normalized spacial score (nSPS) is 30.6. The summed E-state index contributed by atoms with van der Waals surface area (Å²) in [5.74, 6) is 0. The molecule has 4 heterocycles. The van der Waals surface area contributed by atoms with Crippen molar-refractivity contribution in [2.45, 2.75) is 38.0 Å². The van der Waals surface area contributed by atoms with Gasteiger partial charge in [0.1, 0.15) is 18.3 Å². The van der Waals surface area contributed by atoms with E-state index in [0.29, 0.717) is 23.4 Å². The fourth-order valence-electron chi connectivity index (χ4n) is 3.04. The molecule has 2 bridgehead atoms. The van der Waals surface area contributed by atoms with Crippen LogP contribution in [0.4, 0.5) is 5.69 Å². The highest BCUT2D eigenvalue weighted by atomic mass is 16.6. The summed E-state index contributed by atoms with van der Waals surface area (Å²) in [6, 6.07) is 1.41. The molecule has 0 spiro atoms. The first-order valence-corrected chi connectivity index (χ1v) is 6.86. The molecule has 3 N–H and O–H groups in total. The van der Waals surface area contributed by atoms with Gasteiger partial charge in [0.15, 0.2) is 17.4 Å². The van der Waals surface area contributed by atoms with E-state index in [-0.39, 0.29) is 12.1 Å². The Labute approximate surface area is 118 Å². The minimum Gasteiger partial charge on any atom is -0.387 e. The quantitative estimate of drug-likeness (QED) is 0.627. The van der Waals surface area contributed by atoms with Gasteiger partial charge in [-0.2, -0.15) is 0 Å². The highest BCUT2D eigenvalue weighted by Crippen LogP contribution is 2.35. The number of hydrogen-bond donors (Lipinski definition) is 3. The van der Waals surface area contributed by atoms with Crippen molar-refractivity contribution in [3.8, 4) is 0 Å². The van der Waals surface area contributed by atoms with Crippen LogP contribution < -0.4 is 10.9 Å². The van der Waals surface area contributed by atoms with E-state index in [4.69, 9.17) is 4.74 Å². The van der Waals surface area contributed by atoms with Gasteiger partial charge in [0.05, 0.1) is 12.2 Å². The molecule has 0 radical (unpaired) electrons. The Morgan fingerprint density at radius 1 is 1.48 bits per heavy atom. The maximum atomic E-state index is 12.4. The molecule has 1 fully saturated rings. The molecular formula is C12H15N5O4. The molecule has 0 unspecified atom stereocenters. The van der Waals surface area contributed by atoms with Crippen LogP contribution >= 0.6 is 0 Å². The SMILES string of the molecule is CCNc1cc(=O)n2c3c1nnn3C[C@H]1O[C@@H]2[C@H](O)[C@@H]1O. The van der Waals surface area contributed by atoms with Crippen LogP contribution in [0.25, 0.3) is 11.2 Å². The summed E-state index contributed by atoms with van der Waals surface area (Å²) in [6.45, 7) is 2.81. The third-order valence-electron chi connectivity index (χ3n) is 4.01. The van der Waals surface area contributed by atoms with Gasteiger partial charge in [0, 0.05) is 12.6 Å². The van der Waals surface area contributed by atoms with E-state index in [0.717, 1.165) is 0 Å². The van der Waals surface area contributed by atoms with Gasteiger partial charge in [0.25, 0.3) is 5.56 Å². The topological polar surface area (TPSA) is 114 Å². The van der Waals surface area contributed by atoms with Crippen LogP contribution in [0.15, 0.2) is 10.9 Å². The Hall–Kier alpha value is -1.97. The number of aliphatic hydroxyl groups excluding tert-OH is 2. The number of aromatic nitrogens is 4. The highest BCUT2D eigenvalue weighted by molar-refractivity contribution is 5.85. The molecule has 2 aliphatic heterocycles. The van der Waals surface area contributed by atoms with Crippen LogP contribution in [0.2, 0.25) is 0 Å². The largest absolute Gasteiger partial charge is 0.387 e. The number of aliphatic hydroxyl groups is 2. The summed E-state index contributed by atoms with van der Waals surface area (Å²) < 4.78 is 8.47. The van der Waals surface area contributed by atoms with Crippen molar-refractivity contribution in [2.75, 3.05) is 11.9 Å². The van der Waals surface area contributed by atoms with Gasteiger partial charge in [-0.05, 0) is 6.92 Å². The van der Waals surface area contributed by atoms with E-state index in [9.17, 15) is 15.0 Å². The van der Waals surface area contributed by atoms with Gasteiger partial charge in [-0.3, -0.25) is 9.36 Å². The summed E-state index contributed by atoms with van der Waals surface area (Å²) in [7, 11) is 0. The number of fused-ring (bicyclic) bond motifs is 3. The molecule has 0 saturated carbocycles. The van der Waals surface area contributed by atoms with Gasteiger partial charge < -0.3 is 20.3 Å². The predicted molar refractivity (Wildman–Crippen MR) is 71.9 cm³/mol. The molecular weight excluding hydrogens is 278 g/mol. The average molecular weight is 293 g/mol. The van der Waals surface area contributed by atoms with Gasteiger partial charge in [-0.1, -0.05) is 5.21 Å². The van der Waals surface area contributed by atoms with Crippen molar-refractivity contribution in [2.24, 2.45) is 0 Å². The van der Waals surface area contributed by atoms with E-state index in [1.807, 2.05) is 6.92 Å². The smallest absolute Gasteiger partial charge is 0.256 e. The van der Waals surface area contributed by atoms with Crippen molar-refractivity contribution in [1.82, 2.24) is 19.6 Å². The minimum atomic E-state index is -1.15. The number of nitrogens with one attached hydrogen (secondary N) is 1. The molecule has 0 aliphatic carbocycles. The fraction of sp³-hybridized carbons (Fsp3) is 0.583. The van der Waals surface area contributed by atoms with Crippen LogP contribution in [0, 0.1) is 0 Å². The van der Waals surface area contributed by atoms with E-state index in [2.05, 4.69) is 15.6 Å². The maximum Gasteiger partial charge on any atom is 0.256 e. The van der Waals surface area contributed by atoms with Crippen molar-refractivity contribution >= 4 is 16.9 Å². The van der Waals surface area contributed by atoms with Crippen molar-refractivity contribution in [1.29, 1.82) is 0 Å². The van der Waals surface area contributed by atoms with Crippen LogP contribution in [0.5, 0.6) is 0 Å². The Balaban J connectivity index is 2.03. The van der Waals surface area contributed by atoms with Crippen LogP contribution in [0.3, 0.4) is 0 Å². The summed E-state index contributed by atoms with van der Waals surface area (Å²) in [6.07, 6.45) is -3.74. The van der Waals surface area contributed by atoms with Crippen LogP contribution in [0.1, 0.15) is 13.2 Å². The monoisotopic (exact) mass is 293 g/mol. The standard InChI is InChI=1S/C12H15N5O4/c1-2-13-5-3-7(18)17-11-8(5)14-15-16(11)4-6-9(19)10(20)12(17)21-6/h3,6,9-10,12-13,19-20H,2,4H2,1H3/t6-,9-,10-,12-/m1/s1. The first-order chi connectivity index (χ1) is 10.1. The highest BCUT2D eigenvalue weighted by Gasteiger charge is 2.47. The molecule has 21 heavy (non-hydrogen) atoms. The number of pyridine rings is 1. The second-order valence-corrected chi connectivity index (χ2v) is 5.29. The third-order valence-corrected chi connectivity index (χ3v) is 4.01. The molecule has 1 saturated heterocycles. The molecule has 0 amide bonds. The first-order valence-electron chi connectivity index (χ1n) is 6.86. The van der Waals surface area contributed by atoms with Gasteiger partial charge in [0.2, 0.25) is 0 Å². The molecule has 4 atom stereocenters. The Kier molecular flexibility index (Phi) is 2.59. The number of hydrogen-bond acceptors (Lipinski definition) is 7. The molecule has 112 valence electrons. The zero-order valence-electron chi connectivity index (χ0n) is 11.3. The van der Waals surface area contributed by atoms with E-state index < -0.39 is 24.5 Å². The summed E-state index contributed by atoms with van der Waals surface area (Å²) in [5.41, 5.74) is 1.32. The first kappa shape index (κ1) is 12.7. The lowest BCUT2D eigenvalue weighted by atomic mass is 10.1. The number of nitrogens with zero attached hydrogens (tertiary/aromatic N) is 4. The lowest BCUT2D eigenvalue weighted by molar-refractivity contribution is -0.0351. The average Bonchev–Trinajstić information content (AvgIpc) is 2.91. The minimum absolute atomic E-state index is 0.236. The Bertz CT molecular complexity index is 769. The molecule has 2 aromatic rings. The zero-order chi connectivity index (χ0) is 14.7. The summed E-state index contributed by atoms with van der Waals surface area (Å²) in [5, 5.41) is 31.3. The van der Waals surface area contributed by atoms with Gasteiger partial charge in [-0.15, -0.1) is 5.10 Å². The maximum absolute atomic E-state index is 12.4. The fourth-order valence-corrected chi connectivity index (χ4v) is 3.04. The molecule has 9 nitrogen and oxygen atoms in total. The molecule has 0 aromatic carbocycles. The number of ether oxygens (including phenoxy) is 1. The Morgan fingerprint density at radius 2 is 2.29 bits per heavy atom. The third kappa shape index (κ3) is 1.59. The zero-order valence-corrected chi connectivity index (χ0v) is 11.3. The van der Waals surface area contributed by atoms with Crippen molar-refractivity contribution in [3.63, 3.8) is 0 Å². The molecule has 9 heteroatoms. The Morgan fingerprint density at radius 3 is 3.05 bits per heavy atom. The number of rotatable bonds is 2. The van der Waals surface area contributed by atoms with Crippen molar-refractivity contribution < 1.29 is 14.9 Å². The molecule has 2 aliphatic rings. The summed E-state index contributed by atoms with van der Waals surface area (Å²) in [4.78, 5) is 12.4. The van der Waals surface area contributed by atoms with Crippen LogP contribution in [-0.4, -0.2) is 54.6 Å². The second-order valence-electron chi connectivity index (χ2n) is 5.29. The van der Waals surface area contributed by atoms with Crippen molar-refractivity contribution in [3.05, 3.63) is 16.4 Å². The van der Waals surface area contributed by atoms with Gasteiger partial charge in [-0.25, -0.2) is 4.68 Å². The summed E-state index contributed by atoms with van der Waals surface area (Å²) >= 11 is 0. The van der Waals surface area contributed by atoms with E-state index in [1.54, 1.807) is 0 Å². The van der Waals surface area contributed by atoms with Crippen LogP contribution in [-0.2, 0) is 11.3 Å². The van der Waals surface area contributed by atoms with Gasteiger partial charge >= 0.3 is 0 Å².